The zero-order valence-corrected chi connectivity index (χ0v) is 10.3. The molecule has 0 unspecified atom stereocenters. The predicted molar refractivity (Wildman–Crippen MR) is 67.5 cm³/mol. The van der Waals surface area contributed by atoms with Crippen LogP contribution in [0.1, 0.15) is 17.5 Å². The molecule has 0 radical (unpaired) electrons. The monoisotopic (exact) mass is 233 g/mol. The summed E-state index contributed by atoms with van der Waals surface area (Å²) in [6.07, 6.45) is 0. The molecule has 1 aromatic heterocycles. The Morgan fingerprint density at radius 2 is 2.19 bits per heavy atom. The van der Waals surface area contributed by atoms with E-state index in [0.29, 0.717) is 0 Å². The van der Waals surface area contributed by atoms with Gasteiger partial charge in [-0.25, -0.2) is 0 Å². The van der Waals surface area contributed by atoms with Crippen LogP contribution in [0, 0.1) is 6.92 Å². The lowest BCUT2D eigenvalue weighted by Crippen LogP contribution is -2.11. The van der Waals surface area contributed by atoms with Crippen molar-refractivity contribution in [2.75, 3.05) is 6.54 Å². The van der Waals surface area contributed by atoms with Gasteiger partial charge < -0.3 is 5.32 Å². The summed E-state index contributed by atoms with van der Waals surface area (Å²) in [5.41, 5.74) is 2.40. The third kappa shape index (κ3) is 2.65. The first-order valence-corrected chi connectivity index (χ1v) is 6.21. The van der Waals surface area contributed by atoms with Gasteiger partial charge in [0.25, 0.3) is 0 Å². The molecule has 0 atom stereocenters. The van der Waals surface area contributed by atoms with Crippen molar-refractivity contribution < 1.29 is 0 Å². The first-order chi connectivity index (χ1) is 7.79. The van der Waals surface area contributed by atoms with Gasteiger partial charge in [0.1, 0.15) is 10.0 Å². The number of aromatic nitrogens is 2. The maximum absolute atomic E-state index is 4.21. The van der Waals surface area contributed by atoms with E-state index in [-0.39, 0.29) is 0 Å². The normalized spacial score (nSPS) is 10.6. The average Bonchev–Trinajstić information content (AvgIpc) is 2.75. The zero-order valence-electron chi connectivity index (χ0n) is 9.53. The lowest BCUT2D eigenvalue weighted by atomic mass is 10.1. The summed E-state index contributed by atoms with van der Waals surface area (Å²) in [7, 11) is 0. The van der Waals surface area contributed by atoms with Crippen LogP contribution < -0.4 is 5.32 Å². The Bertz CT molecular complexity index is 465. The Balaban J connectivity index is 2.18. The van der Waals surface area contributed by atoms with Gasteiger partial charge >= 0.3 is 0 Å². The standard InChI is InChI=1S/C12H15N3S/c1-3-13-8-11-14-15-12(16-11)10-6-4-5-9(2)7-10/h4-7,13H,3,8H2,1-2H3. The molecule has 16 heavy (non-hydrogen) atoms. The molecule has 0 aliphatic carbocycles. The highest BCUT2D eigenvalue weighted by Gasteiger charge is 2.05. The van der Waals surface area contributed by atoms with E-state index in [4.69, 9.17) is 0 Å². The Kier molecular flexibility index (Phi) is 3.64. The smallest absolute Gasteiger partial charge is 0.147 e. The molecule has 84 valence electrons. The third-order valence-electron chi connectivity index (χ3n) is 2.26. The van der Waals surface area contributed by atoms with Gasteiger partial charge in [0.15, 0.2) is 0 Å². The van der Waals surface area contributed by atoms with Gasteiger partial charge in [0.2, 0.25) is 0 Å². The third-order valence-corrected chi connectivity index (χ3v) is 3.23. The number of rotatable bonds is 4. The van der Waals surface area contributed by atoms with Gasteiger partial charge in [-0.15, -0.1) is 10.2 Å². The molecule has 1 aromatic carbocycles. The van der Waals surface area contributed by atoms with Gasteiger partial charge in [-0.2, -0.15) is 0 Å². The first-order valence-electron chi connectivity index (χ1n) is 5.39. The predicted octanol–water partition coefficient (Wildman–Crippen LogP) is 2.62. The van der Waals surface area contributed by atoms with E-state index >= 15 is 0 Å². The molecule has 0 saturated heterocycles. The van der Waals surface area contributed by atoms with Crippen molar-refractivity contribution in [1.82, 2.24) is 15.5 Å². The summed E-state index contributed by atoms with van der Waals surface area (Å²) < 4.78 is 0. The SMILES string of the molecule is CCNCc1nnc(-c2cccc(C)c2)s1. The number of hydrogen-bond donors (Lipinski definition) is 1. The Morgan fingerprint density at radius 1 is 1.31 bits per heavy atom. The Hall–Kier alpha value is -1.26. The van der Waals surface area contributed by atoms with Crippen LogP contribution in [-0.4, -0.2) is 16.7 Å². The molecular formula is C12H15N3S. The zero-order chi connectivity index (χ0) is 11.4. The molecule has 0 saturated carbocycles. The number of nitrogens with zero attached hydrogens (tertiary/aromatic N) is 2. The van der Waals surface area contributed by atoms with E-state index in [1.54, 1.807) is 11.3 Å². The molecular weight excluding hydrogens is 218 g/mol. The van der Waals surface area contributed by atoms with E-state index in [1.165, 1.54) is 5.56 Å². The molecule has 3 nitrogen and oxygen atoms in total. The van der Waals surface area contributed by atoms with Crippen LogP contribution in [0.15, 0.2) is 24.3 Å². The highest BCUT2D eigenvalue weighted by atomic mass is 32.1. The minimum absolute atomic E-state index is 0.806. The summed E-state index contributed by atoms with van der Waals surface area (Å²) in [5, 5.41) is 13.7. The van der Waals surface area contributed by atoms with E-state index in [0.717, 1.165) is 28.7 Å². The van der Waals surface area contributed by atoms with Crippen LogP contribution in [0.4, 0.5) is 0 Å². The van der Waals surface area contributed by atoms with Crippen LogP contribution in [0.25, 0.3) is 10.6 Å². The van der Waals surface area contributed by atoms with E-state index in [1.807, 2.05) is 0 Å². The molecule has 0 aliphatic rings. The second-order valence-corrected chi connectivity index (χ2v) is 4.71. The Labute approximate surface area is 99.5 Å². The number of benzene rings is 1. The quantitative estimate of drug-likeness (QED) is 0.882. The fourth-order valence-electron chi connectivity index (χ4n) is 1.45. The summed E-state index contributed by atoms with van der Waals surface area (Å²) >= 11 is 1.65. The second-order valence-electron chi connectivity index (χ2n) is 3.65. The van der Waals surface area contributed by atoms with Crippen LogP contribution in [0.3, 0.4) is 0 Å². The molecule has 1 N–H and O–H groups in total. The van der Waals surface area contributed by atoms with Crippen molar-refractivity contribution in [1.29, 1.82) is 0 Å². The average molecular weight is 233 g/mol. The van der Waals surface area contributed by atoms with Crippen molar-refractivity contribution in [3.05, 3.63) is 34.8 Å². The van der Waals surface area contributed by atoms with Crippen LogP contribution >= 0.6 is 11.3 Å². The maximum Gasteiger partial charge on any atom is 0.147 e. The first kappa shape index (κ1) is 11.2. The maximum atomic E-state index is 4.21. The van der Waals surface area contributed by atoms with E-state index < -0.39 is 0 Å². The summed E-state index contributed by atoms with van der Waals surface area (Å²) in [6.45, 7) is 5.94. The number of nitrogens with one attached hydrogen (secondary N) is 1. The van der Waals surface area contributed by atoms with Gasteiger partial charge in [0.05, 0.1) is 0 Å². The highest BCUT2D eigenvalue weighted by Crippen LogP contribution is 2.23. The van der Waals surface area contributed by atoms with Crippen LogP contribution in [-0.2, 0) is 6.54 Å². The van der Waals surface area contributed by atoms with E-state index in [9.17, 15) is 0 Å². The molecule has 0 fully saturated rings. The summed E-state index contributed by atoms with van der Waals surface area (Å²) in [5.74, 6) is 0. The lowest BCUT2D eigenvalue weighted by molar-refractivity contribution is 0.715. The fraction of sp³-hybridized carbons (Fsp3) is 0.333. The van der Waals surface area contributed by atoms with Crippen molar-refractivity contribution in [3.8, 4) is 10.6 Å². The van der Waals surface area contributed by atoms with Crippen molar-refractivity contribution in [2.45, 2.75) is 20.4 Å². The van der Waals surface area contributed by atoms with Gasteiger partial charge in [-0.05, 0) is 19.5 Å². The van der Waals surface area contributed by atoms with Crippen molar-refractivity contribution in [2.24, 2.45) is 0 Å². The molecule has 0 spiro atoms. The Morgan fingerprint density at radius 3 is 2.94 bits per heavy atom. The van der Waals surface area contributed by atoms with Crippen molar-refractivity contribution >= 4 is 11.3 Å². The molecule has 0 bridgehead atoms. The molecule has 0 aliphatic heterocycles. The van der Waals surface area contributed by atoms with Gasteiger partial charge in [0, 0.05) is 12.1 Å². The molecule has 2 rings (SSSR count). The van der Waals surface area contributed by atoms with Gasteiger partial charge in [-0.1, -0.05) is 42.0 Å². The second kappa shape index (κ2) is 5.18. The fourth-order valence-corrected chi connectivity index (χ4v) is 2.26. The van der Waals surface area contributed by atoms with E-state index in [2.05, 4.69) is 53.6 Å². The van der Waals surface area contributed by atoms with Crippen molar-refractivity contribution in [3.63, 3.8) is 0 Å². The highest BCUT2D eigenvalue weighted by molar-refractivity contribution is 7.14. The molecule has 4 heteroatoms. The summed E-state index contributed by atoms with van der Waals surface area (Å²) in [6, 6.07) is 8.35. The van der Waals surface area contributed by atoms with Crippen LogP contribution in [0.2, 0.25) is 0 Å². The lowest BCUT2D eigenvalue weighted by Gasteiger charge is -1.96. The van der Waals surface area contributed by atoms with Crippen LogP contribution in [0.5, 0.6) is 0 Å². The number of aryl methyl sites for hydroxylation is 1. The van der Waals surface area contributed by atoms with Gasteiger partial charge in [-0.3, -0.25) is 0 Å². The number of hydrogen-bond acceptors (Lipinski definition) is 4. The largest absolute Gasteiger partial charge is 0.311 e. The minimum atomic E-state index is 0.806. The molecule has 1 heterocycles. The molecule has 2 aromatic rings. The summed E-state index contributed by atoms with van der Waals surface area (Å²) in [4.78, 5) is 0. The molecule has 0 amide bonds. The topological polar surface area (TPSA) is 37.8 Å². The minimum Gasteiger partial charge on any atom is -0.311 e.